The molecule has 1 amide bonds. The predicted molar refractivity (Wildman–Crippen MR) is 127 cm³/mol. The summed E-state index contributed by atoms with van der Waals surface area (Å²) in [6.45, 7) is 3.16. The Balaban J connectivity index is 1.37. The minimum absolute atomic E-state index is 0.0349. The number of alkyl halides is 1. The van der Waals surface area contributed by atoms with Gasteiger partial charge in [0.1, 0.15) is 11.6 Å². The molecule has 2 heterocycles. The first-order valence-corrected chi connectivity index (χ1v) is 11.3. The third-order valence-corrected chi connectivity index (χ3v) is 6.25. The summed E-state index contributed by atoms with van der Waals surface area (Å²) in [6, 6.07) is 13.1. The topological polar surface area (TPSA) is 79.4 Å². The van der Waals surface area contributed by atoms with Gasteiger partial charge in [-0.3, -0.25) is 4.79 Å². The Hall–Kier alpha value is -3.39. The average Bonchev–Trinajstić information content (AvgIpc) is 3.53. The SMILES string of the molecule is CCOc1ccc(Nc2ncc(F)c(Nc3ccc4c(c3)N(C(=O)CCl)CC43CC3)n2)cc1. The minimum atomic E-state index is -0.583. The molecular formula is C24H23ClFN5O2. The second-order valence-corrected chi connectivity index (χ2v) is 8.49. The van der Waals surface area contributed by atoms with E-state index in [0.29, 0.717) is 18.8 Å². The van der Waals surface area contributed by atoms with E-state index in [9.17, 15) is 9.18 Å². The molecule has 1 aliphatic carbocycles. The normalized spacial score (nSPS) is 15.3. The van der Waals surface area contributed by atoms with Gasteiger partial charge in [-0.15, -0.1) is 11.6 Å². The molecule has 2 N–H and O–H groups in total. The van der Waals surface area contributed by atoms with E-state index in [1.165, 1.54) is 0 Å². The molecule has 3 aromatic rings. The van der Waals surface area contributed by atoms with E-state index < -0.39 is 5.82 Å². The molecule has 1 saturated carbocycles. The zero-order chi connectivity index (χ0) is 23.0. The summed E-state index contributed by atoms with van der Waals surface area (Å²) in [5.41, 5.74) is 3.39. The van der Waals surface area contributed by atoms with Crippen LogP contribution in [0.4, 0.5) is 33.2 Å². The zero-order valence-corrected chi connectivity index (χ0v) is 18.8. The van der Waals surface area contributed by atoms with Crippen molar-refractivity contribution in [2.24, 2.45) is 0 Å². The summed E-state index contributed by atoms with van der Waals surface area (Å²) >= 11 is 5.82. The molecule has 1 spiro atoms. The van der Waals surface area contributed by atoms with Gasteiger partial charge in [-0.1, -0.05) is 6.07 Å². The van der Waals surface area contributed by atoms with E-state index in [1.54, 1.807) is 4.90 Å². The first-order valence-electron chi connectivity index (χ1n) is 10.8. The molecule has 2 aromatic carbocycles. The maximum atomic E-state index is 14.5. The largest absolute Gasteiger partial charge is 0.494 e. The number of fused-ring (bicyclic) bond motifs is 2. The molecule has 33 heavy (non-hydrogen) atoms. The number of carbonyl (C=O) groups excluding carboxylic acids is 1. The van der Waals surface area contributed by atoms with Crippen LogP contribution in [-0.2, 0) is 10.2 Å². The monoisotopic (exact) mass is 467 g/mol. The van der Waals surface area contributed by atoms with Gasteiger partial charge < -0.3 is 20.3 Å². The van der Waals surface area contributed by atoms with Crippen LogP contribution < -0.4 is 20.3 Å². The van der Waals surface area contributed by atoms with Crippen molar-refractivity contribution >= 4 is 46.3 Å². The Bertz CT molecular complexity index is 1200. The van der Waals surface area contributed by atoms with Crippen molar-refractivity contribution in [2.75, 3.05) is 34.6 Å². The van der Waals surface area contributed by atoms with Crippen LogP contribution in [0, 0.1) is 5.82 Å². The van der Waals surface area contributed by atoms with Crippen LogP contribution in [0.3, 0.4) is 0 Å². The fourth-order valence-electron chi connectivity index (χ4n) is 4.21. The molecular weight excluding hydrogens is 445 g/mol. The Kier molecular flexibility index (Phi) is 5.54. The number of anilines is 5. The number of hydrogen-bond acceptors (Lipinski definition) is 6. The molecule has 1 fully saturated rings. The van der Waals surface area contributed by atoms with E-state index in [2.05, 4.69) is 20.6 Å². The molecule has 170 valence electrons. The Labute approximate surface area is 195 Å². The summed E-state index contributed by atoms with van der Waals surface area (Å²) < 4.78 is 19.9. The number of amides is 1. The molecule has 1 aromatic heterocycles. The number of aromatic nitrogens is 2. The molecule has 0 bridgehead atoms. The van der Waals surface area contributed by atoms with Crippen LogP contribution in [0.1, 0.15) is 25.3 Å². The van der Waals surface area contributed by atoms with Gasteiger partial charge in [-0.2, -0.15) is 4.98 Å². The lowest BCUT2D eigenvalue weighted by Crippen LogP contribution is -2.32. The number of ether oxygens (including phenoxy) is 1. The number of benzene rings is 2. The maximum Gasteiger partial charge on any atom is 0.241 e. The highest BCUT2D eigenvalue weighted by molar-refractivity contribution is 6.29. The number of rotatable bonds is 7. The van der Waals surface area contributed by atoms with Gasteiger partial charge >= 0.3 is 0 Å². The van der Waals surface area contributed by atoms with Crippen molar-refractivity contribution in [1.82, 2.24) is 9.97 Å². The first kappa shape index (κ1) is 21.5. The van der Waals surface area contributed by atoms with E-state index in [-0.39, 0.29) is 29.0 Å². The lowest BCUT2D eigenvalue weighted by atomic mass is 9.98. The standard InChI is InChI=1S/C24H23ClFN5O2/c1-2-33-17-6-3-15(4-7-17)29-23-27-13-19(26)22(30-23)28-16-5-8-18-20(11-16)31(21(32)12-25)14-24(18)9-10-24/h3-8,11,13H,2,9-10,12,14H2,1H3,(H2,27,28,29,30). The van der Waals surface area contributed by atoms with Crippen LogP contribution in [0.15, 0.2) is 48.7 Å². The Morgan fingerprint density at radius 1 is 1.18 bits per heavy atom. The van der Waals surface area contributed by atoms with Crippen LogP contribution in [0.25, 0.3) is 0 Å². The average molecular weight is 468 g/mol. The van der Waals surface area contributed by atoms with Crippen molar-refractivity contribution in [3.8, 4) is 5.75 Å². The summed E-state index contributed by atoms with van der Waals surface area (Å²) in [4.78, 5) is 22.4. The van der Waals surface area contributed by atoms with Gasteiger partial charge in [-0.05, 0) is 61.7 Å². The fraction of sp³-hybridized carbons (Fsp3) is 0.292. The Morgan fingerprint density at radius 2 is 1.94 bits per heavy atom. The van der Waals surface area contributed by atoms with Crippen LogP contribution in [0.5, 0.6) is 5.75 Å². The van der Waals surface area contributed by atoms with Gasteiger partial charge in [0, 0.05) is 29.0 Å². The highest BCUT2D eigenvalue weighted by Crippen LogP contribution is 2.57. The van der Waals surface area contributed by atoms with Gasteiger partial charge in [-0.25, -0.2) is 9.37 Å². The zero-order valence-electron chi connectivity index (χ0n) is 18.1. The number of nitrogens with one attached hydrogen (secondary N) is 2. The number of hydrogen-bond donors (Lipinski definition) is 2. The highest BCUT2D eigenvalue weighted by Gasteiger charge is 2.52. The van der Waals surface area contributed by atoms with Crippen LogP contribution in [0.2, 0.25) is 0 Å². The van der Waals surface area contributed by atoms with E-state index in [4.69, 9.17) is 16.3 Å². The van der Waals surface area contributed by atoms with Crippen molar-refractivity contribution < 1.29 is 13.9 Å². The third kappa shape index (κ3) is 4.18. The summed E-state index contributed by atoms with van der Waals surface area (Å²) in [5, 5.41) is 6.09. The number of halogens is 2. The molecule has 2 aliphatic rings. The van der Waals surface area contributed by atoms with Crippen molar-refractivity contribution in [1.29, 1.82) is 0 Å². The van der Waals surface area contributed by atoms with Crippen molar-refractivity contribution in [3.05, 3.63) is 60.0 Å². The minimum Gasteiger partial charge on any atom is -0.494 e. The van der Waals surface area contributed by atoms with Crippen LogP contribution in [-0.4, -0.2) is 34.9 Å². The maximum absolute atomic E-state index is 14.5. The molecule has 0 atom stereocenters. The van der Waals surface area contributed by atoms with Crippen molar-refractivity contribution in [3.63, 3.8) is 0 Å². The van der Waals surface area contributed by atoms with E-state index in [0.717, 1.165) is 41.7 Å². The van der Waals surface area contributed by atoms with Crippen LogP contribution >= 0.6 is 11.6 Å². The predicted octanol–water partition coefficient (Wildman–Crippen LogP) is 5.12. The molecule has 0 saturated heterocycles. The highest BCUT2D eigenvalue weighted by atomic mass is 35.5. The van der Waals surface area contributed by atoms with E-state index >= 15 is 0 Å². The molecule has 7 nitrogen and oxygen atoms in total. The van der Waals surface area contributed by atoms with E-state index in [1.807, 2.05) is 49.4 Å². The smallest absolute Gasteiger partial charge is 0.241 e. The van der Waals surface area contributed by atoms with Gasteiger partial charge in [0.2, 0.25) is 11.9 Å². The Morgan fingerprint density at radius 3 is 2.64 bits per heavy atom. The quantitative estimate of drug-likeness (QED) is 0.469. The molecule has 1 aliphatic heterocycles. The first-order chi connectivity index (χ1) is 16.0. The summed E-state index contributed by atoms with van der Waals surface area (Å²) in [7, 11) is 0. The summed E-state index contributed by atoms with van der Waals surface area (Å²) in [5.74, 6) is 0.257. The molecule has 0 unspecified atom stereocenters. The third-order valence-electron chi connectivity index (χ3n) is 6.02. The van der Waals surface area contributed by atoms with Gasteiger partial charge in [0.15, 0.2) is 11.6 Å². The lowest BCUT2D eigenvalue weighted by Gasteiger charge is -2.17. The van der Waals surface area contributed by atoms with Gasteiger partial charge in [0.25, 0.3) is 0 Å². The fourth-order valence-corrected chi connectivity index (χ4v) is 4.35. The lowest BCUT2D eigenvalue weighted by molar-refractivity contribution is -0.116. The second-order valence-electron chi connectivity index (χ2n) is 8.22. The van der Waals surface area contributed by atoms with Crippen molar-refractivity contribution in [2.45, 2.75) is 25.2 Å². The van der Waals surface area contributed by atoms with Gasteiger partial charge in [0.05, 0.1) is 12.8 Å². The molecule has 0 radical (unpaired) electrons. The second kappa shape index (κ2) is 8.51. The summed E-state index contributed by atoms with van der Waals surface area (Å²) in [6.07, 6.45) is 3.22. The number of nitrogens with zero attached hydrogens (tertiary/aromatic N) is 3. The molecule has 5 rings (SSSR count). The molecule has 9 heteroatoms. The number of carbonyl (C=O) groups is 1.